The molecule has 0 aliphatic carbocycles. The monoisotopic (exact) mass is 365 g/mol. The van der Waals surface area contributed by atoms with Crippen LogP contribution in [0.15, 0.2) is 36.4 Å². The van der Waals surface area contributed by atoms with Crippen LogP contribution in [-0.2, 0) is 16.6 Å². The van der Waals surface area contributed by atoms with E-state index in [0.717, 1.165) is 12.1 Å². The molecule has 2 aromatic carbocycles. The second-order valence-corrected chi connectivity index (χ2v) is 5.87. The van der Waals surface area contributed by atoms with Crippen LogP contribution in [0.4, 0.5) is 18.9 Å². The average molecular weight is 365 g/mol. The van der Waals surface area contributed by atoms with E-state index in [1.165, 1.54) is 14.0 Å². The van der Waals surface area contributed by atoms with Crippen molar-refractivity contribution in [2.75, 3.05) is 12.4 Å². The van der Waals surface area contributed by atoms with Gasteiger partial charge in [-0.3, -0.25) is 9.59 Å². The number of anilines is 1. The highest BCUT2D eigenvalue weighted by Gasteiger charge is 2.44. The zero-order valence-electron chi connectivity index (χ0n) is 13.8. The lowest BCUT2D eigenvalue weighted by Crippen LogP contribution is -2.46. The molecule has 2 aromatic rings. The zero-order chi connectivity index (χ0) is 19.1. The molecule has 8 heteroatoms. The van der Waals surface area contributed by atoms with E-state index in [1.807, 2.05) is 0 Å². The molecule has 136 valence electrons. The van der Waals surface area contributed by atoms with Gasteiger partial charge >= 0.3 is 6.18 Å². The predicted octanol–water partition coefficient (Wildman–Crippen LogP) is 3.77. The molecule has 1 unspecified atom stereocenters. The Kier molecular flexibility index (Phi) is 4.14. The first kappa shape index (κ1) is 17.8. The summed E-state index contributed by atoms with van der Waals surface area (Å²) in [6.07, 6.45) is -4.65. The fraction of sp³-hybridized carbons (Fsp3) is 0.222. The number of benzene rings is 2. The number of hydrogen-bond donors (Lipinski definition) is 1. The number of nitrogens with one attached hydrogen (secondary N) is 1. The summed E-state index contributed by atoms with van der Waals surface area (Å²) in [5, 5.41) is 2.51. The van der Waals surface area contributed by atoms with E-state index in [-0.39, 0.29) is 17.7 Å². The number of amides is 1. The van der Waals surface area contributed by atoms with E-state index in [0.29, 0.717) is 11.3 Å². The van der Waals surface area contributed by atoms with Gasteiger partial charge in [0.1, 0.15) is 11.5 Å². The van der Waals surface area contributed by atoms with Gasteiger partial charge in [0.2, 0.25) is 5.60 Å². The van der Waals surface area contributed by atoms with Gasteiger partial charge in [0.15, 0.2) is 6.29 Å². The van der Waals surface area contributed by atoms with Gasteiger partial charge in [-0.25, -0.2) is 0 Å². The number of carbonyl (C=O) groups excluding carboxylic acids is 2. The molecule has 1 heterocycles. The number of rotatable bonds is 3. The summed E-state index contributed by atoms with van der Waals surface area (Å²) in [5.41, 5.74) is -2.85. The SMILES string of the molecule is COc1cccc(C2(C)Oc3cc(C(F)(F)F)c(C=O)cc3NC2=O)c1. The number of methoxy groups -OCH3 is 1. The molecule has 1 amide bonds. The minimum Gasteiger partial charge on any atom is -0.497 e. The molecule has 0 saturated carbocycles. The maximum absolute atomic E-state index is 13.2. The number of ether oxygens (including phenoxy) is 2. The molecule has 1 N–H and O–H groups in total. The van der Waals surface area contributed by atoms with Gasteiger partial charge in [0.05, 0.1) is 18.4 Å². The van der Waals surface area contributed by atoms with E-state index in [4.69, 9.17) is 9.47 Å². The van der Waals surface area contributed by atoms with Crippen LogP contribution in [0.25, 0.3) is 0 Å². The van der Waals surface area contributed by atoms with Crippen LogP contribution in [0.1, 0.15) is 28.4 Å². The minimum atomic E-state index is -4.73. The topological polar surface area (TPSA) is 64.6 Å². The second-order valence-electron chi connectivity index (χ2n) is 5.87. The molecule has 3 rings (SSSR count). The summed E-state index contributed by atoms with van der Waals surface area (Å²) >= 11 is 0. The quantitative estimate of drug-likeness (QED) is 0.841. The molecule has 0 spiro atoms. The van der Waals surface area contributed by atoms with E-state index in [1.54, 1.807) is 24.3 Å². The van der Waals surface area contributed by atoms with Gasteiger partial charge in [-0.2, -0.15) is 13.2 Å². The molecule has 0 bridgehead atoms. The molecule has 0 saturated heterocycles. The molecule has 1 aliphatic rings. The Morgan fingerprint density at radius 2 is 1.96 bits per heavy atom. The second kappa shape index (κ2) is 6.05. The van der Waals surface area contributed by atoms with Crippen molar-refractivity contribution in [3.8, 4) is 11.5 Å². The molecule has 0 radical (unpaired) electrons. The minimum absolute atomic E-state index is 0.00507. The first-order valence-electron chi connectivity index (χ1n) is 7.54. The first-order valence-corrected chi connectivity index (χ1v) is 7.54. The predicted molar refractivity (Wildman–Crippen MR) is 86.4 cm³/mol. The third-order valence-electron chi connectivity index (χ3n) is 4.20. The molecule has 1 aliphatic heterocycles. The Morgan fingerprint density at radius 1 is 1.23 bits per heavy atom. The Hall–Kier alpha value is -3.03. The highest BCUT2D eigenvalue weighted by atomic mass is 19.4. The van der Waals surface area contributed by atoms with Crippen molar-refractivity contribution in [2.24, 2.45) is 0 Å². The van der Waals surface area contributed by atoms with E-state index >= 15 is 0 Å². The third kappa shape index (κ3) is 2.87. The first-order chi connectivity index (χ1) is 12.2. The van der Waals surface area contributed by atoms with Crippen molar-refractivity contribution in [2.45, 2.75) is 18.7 Å². The lowest BCUT2D eigenvalue weighted by Gasteiger charge is -2.35. The Labute approximate surface area is 146 Å². The smallest absolute Gasteiger partial charge is 0.417 e. The van der Waals surface area contributed by atoms with Gasteiger partial charge < -0.3 is 14.8 Å². The molecule has 0 fully saturated rings. The van der Waals surface area contributed by atoms with Crippen molar-refractivity contribution in [1.29, 1.82) is 0 Å². The van der Waals surface area contributed by atoms with Gasteiger partial charge in [-0.05, 0) is 31.2 Å². The van der Waals surface area contributed by atoms with E-state index in [2.05, 4.69) is 5.32 Å². The van der Waals surface area contributed by atoms with E-state index in [9.17, 15) is 22.8 Å². The van der Waals surface area contributed by atoms with Gasteiger partial charge in [-0.15, -0.1) is 0 Å². The van der Waals surface area contributed by atoms with Gasteiger partial charge in [-0.1, -0.05) is 12.1 Å². The molecule has 5 nitrogen and oxygen atoms in total. The van der Waals surface area contributed by atoms with Crippen LogP contribution < -0.4 is 14.8 Å². The van der Waals surface area contributed by atoms with E-state index < -0.39 is 28.8 Å². The zero-order valence-corrected chi connectivity index (χ0v) is 13.8. The number of halogens is 3. The van der Waals surface area contributed by atoms with Crippen LogP contribution in [0.5, 0.6) is 11.5 Å². The summed E-state index contributed by atoms with van der Waals surface area (Å²) in [6.45, 7) is 1.45. The summed E-state index contributed by atoms with van der Waals surface area (Å²) < 4.78 is 50.3. The summed E-state index contributed by atoms with van der Waals surface area (Å²) in [6, 6.07) is 8.15. The Balaban J connectivity index is 2.11. The lowest BCUT2D eigenvalue weighted by atomic mass is 9.92. The standard InChI is InChI=1S/C18H14F3NO4/c1-17(11-4-3-5-12(7-11)25-2)16(24)22-14-6-10(9-23)13(18(19,20)21)8-15(14)26-17/h3-9H,1-2H3,(H,22,24). The number of hydrogen-bond acceptors (Lipinski definition) is 4. The fourth-order valence-electron chi connectivity index (χ4n) is 2.74. The number of aldehydes is 1. The number of carbonyl (C=O) groups is 2. The van der Waals surface area contributed by atoms with Crippen LogP contribution in [0.2, 0.25) is 0 Å². The van der Waals surface area contributed by atoms with Gasteiger partial charge in [0.25, 0.3) is 5.91 Å². The Morgan fingerprint density at radius 3 is 2.58 bits per heavy atom. The summed E-state index contributed by atoms with van der Waals surface area (Å²) in [7, 11) is 1.45. The Bertz CT molecular complexity index is 894. The van der Waals surface area contributed by atoms with Crippen LogP contribution >= 0.6 is 0 Å². The third-order valence-corrected chi connectivity index (χ3v) is 4.20. The fourth-order valence-corrected chi connectivity index (χ4v) is 2.74. The van der Waals surface area contributed by atoms with Crippen LogP contribution in [0, 0.1) is 0 Å². The highest BCUT2D eigenvalue weighted by Crippen LogP contribution is 2.43. The molecular formula is C18H14F3NO4. The average Bonchev–Trinajstić information content (AvgIpc) is 2.61. The maximum Gasteiger partial charge on any atom is 0.417 e. The normalized spacial score (nSPS) is 19.2. The van der Waals surface area contributed by atoms with Crippen molar-refractivity contribution < 1.29 is 32.2 Å². The molecule has 1 atom stereocenters. The van der Waals surface area contributed by atoms with Crippen LogP contribution in [-0.4, -0.2) is 19.3 Å². The largest absolute Gasteiger partial charge is 0.497 e. The van der Waals surface area contributed by atoms with Gasteiger partial charge in [0, 0.05) is 11.1 Å². The van der Waals surface area contributed by atoms with Crippen LogP contribution in [0.3, 0.4) is 0 Å². The van der Waals surface area contributed by atoms with Crippen molar-refractivity contribution in [3.63, 3.8) is 0 Å². The molecule has 26 heavy (non-hydrogen) atoms. The van der Waals surface area contributed by atoms with Crippen molar-refractivity contribution >= 4 is 17.9 Å². The van der Waals surface area contributed by atoms with Crippen molar-refractivity contribution in [1.82, 2.24) is 0 Å². The highest BCUT2D eigenvalue weighted by molar-refractivity contribution is 6.02. The molecule has 0 aromatic heterocycles. The molecular weight excluding hydrogens is 351 g/mol. The number of alkyl halides is 3. The maximum atomic E-state index is 13.2. The summed E-state index contributed by atoms with van der Waals surface area (Å²) in [4.78, 5) is 23.6. The lowest BCUT2D eigenvalue weighted by molar-refractivity contribution is -0.138. The number of fused-ring (bicyclic) bond motifs is 1. The van der Waals surface area contributed by atoms with Crippen molar-refractivity contribution in [3.05, 3.63) is 53.1 Å². The summed E-state index contributed by atoms with van der Waals surface area (Å²) in [5.74, 6) is -0.277.